The van der Waals surface area contributed by atoms with Gasteiger partial charge in [0.05, 0.1) is 10.4 Å². The van der Waals surface area contributed by atoms with Crippen molar-refractivity contribution in [3.8, 4) is 0 Å². The van der Waals surface area contributed by atoms with E-state index in [9.17, 15) is 8.42 Å². The maximum atomic E-state index is 12.8. The lowest BCUT2D eigenvalue weighted by molar-refractivity contribution is 0.211. The van der Waals surface area contributed by atoms with Gasteiger partial charge in [-0.3, -0.25) is 4.90 Å². The standard InChI is InChI=1S/C34H40Cl2N6O2S/c35-27-18-28(36)20-30(19-27)45(43,44)38-22-25-12-10-24(11-13-25)21-37-34-40-32-9-5-4-8-31(32)33(41-34)39-29-14-16-42(17-15-29)23-26-6-2-1-3-7-26/h1-9,18-20,24-25,29,38H,10-17,21-23H2,(H2,37,39,40,41). The van der Waals surface area contributed by atoms with Crippen LogP contribution in [0.3, 0.4) is 0 Å². The molecular weight excluding hydrogens is 627 g/mol. The van der Waals surface area contributed by atoms with Gasteiger partial charge in [-0.15, -0.1) is 0 Å². The highest BCUT2D eigenvalue weighted by Crippen LogP contribution is 2.30. The van der Waals surface area contributed by atoms with Gasteiger partial charge in [-0.1, -0.05) is 65.7 Å². The lowest BCUT2D eigenvalue weighted by atomic mass is 9.82. The van der Waals surface area contributed by atoms with Gasteiger partial charge in [-0.2, -0.15) is 4.98 Å². The zero-order chi connectivity index (χ0) is 31.2. The van der Waals surface area contributed by atoms with Crippen molar-refractivity contribution in [1.82, 2.24) is 19.6 Å². The lowest BCUT2D eigenvalue weighted by Gasteiger charge is -2.33. The van der Waals surface area contributed by atoms with E-state index in [4.69, 9.17) is 33.2 Å². The molecule has 0 spiro atoms. The van der Waals surface area contributed by atoms with E-state index < -0.39 is 10.0 Å². The number of hydrogen-bond acceptors (Lipinski definition) is 7. The van der Waals surface area contributed by atoms with E-state index in [0.717, 1.165) is 81.4 Å². The van der Waals surface area contributed by atoms with Crippen LogP contribution >= 0.6 is 23.2 Å². The first-order valence-electron chi connectivity index (χ1n) is 15.8. The lowest BCUT2D eigenvalue weighted by Crippen LogP contribution is -2.38. The summed E-state index contributed by atoms with van der Waals surface area (Å²) in [5, 5.41) is 8.90. The molecule has 1 saturated carbocycles. The normalized spacial score (nSPS) is 19.9. The average Bonchev–Trinajstić information content (AvgIpc) is 3.04. The van der Waals surface area contributed by atoms with Crippen molar-refractivity contribution in [2.24, 2.45) is 11.8 Å². The zero-order valence-electron chi connectivity index (χ0n) is 25.3. The van der Waals surface area contributed by atoms with E-state index >= 15 is 0 Å². The SMILES string of the molecule is O=S(=O)(NCC1CCC(CNc2nc(NC3CCN(Cc4ccccc4)CC3)c3ccccc3n2)CC1)c1cc(Cl)cc(Cl)c1. The van der Waals surface area contributed by atoms with Crippen LogP contribution in [0.5, 0.6) is 0 Å². The first-order chi connectivity index (χ1) is 21.8. The van der Waals surface area contributed by atoms with E-state index in [-0.39, 0.29) is 10.8 Å². The summed E-state index contributed by atoms with van der Waals surface area (Å²) in [4.78, 5) is 12.4. The number of anilines is 2. The number of sulfonamides is 1. The largest absolute Gasteiger partial charge is 0.367 e. The molecule has 0 radical (unpaired) electrons. The van der Waals surface area contributed by atoms with Gasteiger partial charge in [0.2, 0.25) is 16.0 Å². The van der Waals surface area contributed by atoms with Gasteiger partial charge < -0.3 is 10.6 Å². The van der Waals surface area contributed by atoms with Gasteiger partial charge in [-0.25, -0.2) is 18.1 Å². The Labute approximate surface area is 276 Å². The van der Waals surface area contributed by atoms with E-state index in [0.29, 0.717) is 34.5 Å². The molecule has 238 valence electrons. The van der Waals surface area contributed by atoms with E-state index in [1.807, 2.05) is 18.2 Å². The van der Waals surface area contributed by atoms with Gasteiger partial charge in [0, 0.05) is 54.2 Å². The fraction of sp³-hybridized carbons (Fsp3) is 0.412. The topological polar surface area (TPSA) is 99.2 Å². The van der Waals surface area contributed by atoms with Crippen LogP contribution in [-0.2, 0) is 16.6 Å². The molecule has 3 aromatic carbocycles. The predicted molar refractivity (Wildman–Crippen MR) is 183 cm³/mol. The summed E-state index contributed by atoms with van der Waals surface area (Å²) in [5.41, 5.74) is 2.29. The molecule has 45 heavy (non-hydrogen) atoms. The Bertz CT molecular complexity index is 1670. The summed E-state index contributed by atoms with van der Waals surface area (Å²) < 4.78 is 28.3. The number of rotatable bonds is 11. The fourth-order valence-corrected chi connectivity index (χ4v) is 8.25. The minimum Gasteiger partial charge on any atom is -0.367 e. The van der Waals surface area contributed by atoms with Crippen LogP contribution in [0.2, 0.25) is 10.0 Å². The number of halogens is 2. The van der Waals surface area contributed by atoms with Crippen molar-refractivity contribution in [3.05, 3.63) is 88.4 Å². The summed E-state index contributed by atoms with van der Waals surface area (Å²) in [6.07, 6.45) is 6.09. The number of nitrogens with one attached hydrogen (secondary N) is 3. The first kappa shape index (κ1) is 32.0. The molecule has 1 saturated heterocycles. The number of fused-ring (bicyclic) bond motifs is 1. The highest BCUT2D eigenvalue weighted by Gasteiger charge is 2.25. The number of benzene rings is 3. The Hall–Kier alpha value is -2.95. The Kier molecular flexibility index (Phi) is 10.4. The third kappa shape index (κ3) is 8.65. The van der Waals surface area contributed by atoms with E-state index in [2.05, 4.69) is 56.7 Å². The Morgan fingerprint density at radius 2 is 1.42 bits per heavy atom. The number of aromatic nitrogens is 2. The second-order valence-corrected chi connectivity index (χ2v) is 15.0. The summed E-state index contributed by atoms with van der Waals surface area (Å²) in [5.74, 6) is 2.30. The number of para-hydroxylation sites is 1. The average molecular weight is 668 g/mol. The minimum absolute atomic E-state index is 0.0932. The van der Waals surface area contributed by atoms with Crippen LogP contribution in [0, 0.1) is 11.8 Å². The molecule has 0 atom stereocenters. The molecule has 0 amide bonds. The molecule has 2 fully saturated rings. The molecule has 4 aromatic rings. The quantitative estimate of drug-likeness (QED) is 0.156. The highest BCUT2D eigenvalue weighted by molar-refractivity contribution is 7.89. The maximum Gasteiger partial charge on any atom is 0.240 e. The Morgan fingerprint density at radius 3 is 2.13 bits per heavy atom. The highest BCUT2D eigenvalue weighted by atomic mass is 35.5. The number of nitrogens with zero attached hydrogens (tertiary/aromatic N) is 3. The molecule has 0 bridgehead atoms. The molecular formula is C34H40Cl2N6O2S. The van der Waals surface area contributed by atoms with Crippen molar-refractivity contribution in [2.75, 3.05) is 36.8 Å². The van der Waals surface area contributed by atoms with Crippen molar-refractivity contribution in [2.45, 2.75) is 56.0 Å². The van der Waals surface area contributed by atoms with Gasteiger partial charge in [-0.05, 0) is 86.3 Å². The summed E-state index contributed by atoms with van der Waals surface area (Å²) in [6, 6.07) is 23.6. The molecule has 1 aliphatic carbocycles. The molecule has 11 heteroatoms. The molecule has 0 unspecified atom stereocenters. The second-order valence-electron chi connectivity index (χ2n) is 12.3. The number of hydrogen-bond donors (Lipinski definition) is 3. The molecule has 3 N–H and O–H groups in total. The van der Waals surface area contributed by atoms with Crippen LogP contribution < -0.4 is 15.4 Å². The van der Waals surface area contributed by atoms with Crippen molar-refractivity contribution in [1.29, 1.82) is 0 Å². The third-order valence-corrected chi connectivity index (χ3v) is 10.8. The van der Waals surface area contributed by atoms with Crippen LogP contribution in [0.15, 0.2) is 77.7 Å². The smallest absolute Gasteiger partial charge is 0.240 e. The monoisotopic (exact) mass is 666 g/mol. The van der Waals surface area contributed by atoms with Crippen LogP contribution in [-0.4, -0.2) is 55.5 Å². The fourth-order valence-electron chi connectivity index (χ4n) is 6.41. The summed E-state index contributed by atoms with van der Waals surface area (Å²) in [6.45, 7) is 4.29. The molecule has 1 aromatic heterocycles. The zero-order valence-corrected chi connectivity index (χ0v) is 27.6. The Morgan fingerprint density at radius 1 is 0.778 bits per heavy atom. The first-order valence-corrected chi connectivity index (χ1v) is 18.0. The number of piperidine rings is 1. The number of likely N-dealkylation sites (tertiary alicyclic amines) is 1. The third-order valence-electron chi connectivity index (χ3n) is 9.00. The van der Waals surface area contributed by atoms with Crippen molar-refractivity contribution in [3.63, 3.8) is 0 Å². The van der Waals surface area contributed by atoms with Gasteiger partial charge in [0.1, 0.15) is 5.82 Å². The van der Waals surface area contributed by atoms with Crippen LogP contribution in [0.25, 0.3) is 10.9 Å². The predicted octanol–water partition coefficient (Wildman–Crippen LogP) is 7.21. The Balaban J connectivity index is 0.997. The van der Waals surface area contributed by atoms with E-state index in [1.54, 1.807) is 0 Å². The van der Waals surface area contributed by atoms with Crippen molar-refractivity contribution >= 4 is 55.9 Å². The molecule has 6 rings (SSSR count). The van der Waals surface area contributed by atoms with Gasteiger partial charge in [0.15, 0.2) is 0 Å². The summed E-state index contributed by atoms with van der Waals surface area (Å²) >= 11 is 12.0. The molecule has 1 aliphatic heterocycles. The van der Waals surface area contributed by atoms with Crippen LogP contribution in [0.4, 0.5) is 11.8 Å². The van der Waals surface area contributed by atoms with Gasteiger partial charge in [0.25, 0.3) is 0 Å². The van der Waals surface area contributed by atoms with Crippen LogP contribution in [0.1, 0.15) is 44.1 Å². The van der Waals surface area contributed by atoms with Crippen molar-refractivity contribution < 1.29 is 8.42 Å². The van der Waals surface area contributed by atoms with Gasteiger partial charge >= 0.3 is 0 Å². The molecule has 8 nitrogen and oxygen atoms in total. The van der Waals surface area contributed by atoms with E-state index in [1.165, 1.54) is 23.8 Å². The molecule has 2 heterocycles. The minimum atomic E-state index is -3.67. The second kappa shape index (κ2) is 14.6. The summed E-state index contributed by atoms with van der Waals surface area (Å²) in [7, 11) is -3.67. The molecule has 2 aliphatic rings. The maximum absolute atomic E-state index is 12.8.